The van der Waals surface area contributed by atoms with Gasteiger partial charge in [0.2, 0.25) is 0 Å². The third-order valence-corrected chi connectivity index (χ3v) is 3.65. The van der Waals surface area contributed by atoms with Crippen molar-refractivity contribution in [3.63, 3.8) is 0 Å². The van der Waals surface area contributed by atoms with E-state index in [9.17, 15) is 0 Å². The van der Waals surface area contributed by atoms with Gasteiger partial charge in [0.25, 0.3) is 0 Å². The summed E-state index contributed by atoms with van der Waals surface area (Å²) in [5.41, 5.74) is 0.0984. The van der Waals surface area contributed by atoms with Gasteiger partial charge in [0, 0.05) is 13.2 Å². The first kappa shape index (κ1) is 12.0. The number of ether oxygens (including phenoxy) is 1. The van der Waals surface area contributed by atoms with Crippen LogP contribution in [0.1, 0.15) is 46.0 Å². The van der Waals surface area contributed by atoms with E-state index in [0.717, 1.165) is 0 Å². The van der Waals surface area contributed by atoms with E-state index in [1.165, 1.54) is 32.1 Å². The van der Waals surface area contributed by atoms with Crippen molar-refractivity contribution in [3.8, 4) is 0 Å². The van der Waals surface area contributed by atoms with Gasteiger partial charge in [0.1, 0.15) is 0 Å². The Kier molecular flexibility index (Phi) is 4.39. The molecule has 0 aromatic heterocycles. The van der Waals surface area contributed by atoms with E-state index in [-0.39, 0.29) is 5.60 Å². The van der Waals surface area contributed by atoms with E-state index in [4.69, 9.17) is 4.74 Å². The molecule has 1 fully saturated rings. The van der Waals surface area contributed by atoms with E-state index in [0.29, 0.717) is 12.0 Å². The number of likely N-dealkylation sites (N-methyl/N-ethyl adjacent to an activating group) is 1. The van der Waals surface area contributed by atoms with Crippen molar-refractivity contribution in [2.45, 2.75) is 57.6 Å². The molecule has 0 heterocycles. The van der Waals surface area contributed by atoms with Crippen molar-refractivity contribution in [2.75, 3.05) is 14.2 Å². The summed E-state index contributed by atoms with van der Waals surface area (Å²) in [6.07, 6.45) is 6.44. The van der Waals surface area contributed by atoms with Crippen molar-refractivity contribution in [2.24, 2.45) is 5.92 Å². The highest BCUT2D eigenvalue weighted by molar-refractivity contribution is 4.96. The Hall–Kier alpha value is -0.0800. The van der Waals surface area contributed by atoms with Crippen LogP contribution in [0.3, 0.4) is 0 Å². The summed E-state index contributed by atoms with van der Waals surface area (Å²) >= 11 is 0. The minimum Gasteiger partial charge on any atom is -0.377 e. The molecule has 0 amide bonds. The predicted molar refractivity (Wildman–Crippen MR) is 60.5 cm³/mol. The van der Waals surface area contributed by atoms with Crippen molar-refractivity contribution in [3.05, 3.63) is 0 Å². The van der Waals surface area contributed by atoms with Crippen LogP contribution in [-0.2, 0) is 4.74 Å². The summed E-state index contributed by atoms with van der Waals surface area (Å²) in [5.74, 6) is 0.637. The fraction of sp³-hybridized carbons (Fsp3) is 1.00. The lowest BCUT2D eigenvalue weighted by Gasteiger charge is -2.44. The molecule has 2 nitrogen and oxygen atoms in total. The fourth-order valence-corrected chi connectivity index (χ4v) is 3.00. The third-order valence-electron chi connectivity index (χ3n) is 3.65. The highest BCUT2D eigenvalue weighted by Gasteiger charge is 2.40. The average Bonchev–Trinajstić information content (AvgIpc) is 2.19. The van der Waals surface area contributed by atoms with Gasteiger partial charge in [-0.2, -0.15) is 0 Å². The third kappa shape index (κ3) is 2.29. The van der Waals surface area contributed by atoms with Gasteiger partial charge in [-0.3, -0.25) is 0 Å². The molecule has 84 valence electrons. The average molecular weight is 199 g/mol. The molecular formula is C12H25NO. The van der Waals surface area contributed by atoms with Crippen LogP contribution in [0.25, 0.3) is 0 Å². The number of hydrogen-bond acceptors (Lipinski definition) is 2. The van der Waals surface area contributed by atoms with Crippen molar-refractivity contribution < 1.29 is 4.74 Å². The van der Waals surface area contributed by atoms with Crippen LogP contribution in [-0.4, -0.2) is 25.8 Å². The van der Waals surface area contributed by atoms with Gasteiger partial charge in [0.05, 0.1) is 5.60 Å². The molecule has 0 aliphatic heterocycles. The molecule has 0 bridgehead atoms. The predicted octanol–water partition coefficient (Wildman–Crippen LogP) is 2.58. The van der Waals surface area contributed by atoms with Crippen LogP contribution in [0.4, 0.5) is 0 Å². The molecule has 0 spiro atoms. The molecule has 1 atom stereocenters. The first-order valence-electron chi connectivity index (χ1n) is 5.88. The second kappa shape index (κ2) is 5.13. The quantitative estimate of drug-likeness (QED) is 0.751. The maximum atomic E-state index is 5.83. The minimum atomic E-state index is 0.0984. The normalized spacial score (nSPS) is 23.8. The van der Waals surface area contributed by atoms with Crippen LogP contribution >= 0.6 is 0 Å². The van der Waals surface area contributed by atoms with E-state index in [1.807, 2.05) is 7.11 Å². The summed E-state index contributed by atoms with van der Waals surface area (Å²) in [4.78, 5) is 0. The van der Waals surface area contributed by atoms with Crippen LogP contribution < -0.4 is 5.32 Å². The Bertz CT molecular complexity index is 162. The van der Waals surface area contributed by atoms with Crippen LogP contribution in [0.2, 0.25) is 0 Å². The Balaban J connectivity index is 2.74. The van der Waals surface area contributed by atoms with Gasteiger partial charge in [-0.05, 0) is 25.8 Å². The maximum absolute atomic E-state index is 5.83. The Morgan fingerprint density at radius 2 is 1.71 bits per heavy atom. The summed E-state index contributed by atoms with van der Waals surface area (Å²) < 4.78 is 5.83. The largest absolute Gasteiger partial charge is 0.377 e. The van der Waals surface area contributed by atoms with Crippen molar-refractivity contribution in [1.29, 1.82) is 0 Å². The minimum absolute atomic E-state index is 0.0984. The zero-order chi connectivity index (χ0) is 10.6. The van der Waals surface area contributed by atoms with Crippen molar-refractivity contribution >= 4 is 0 Å². The lowest BCUT2D eigenvalue weighted by Crippen LogP contribution is -2.54. The number of nitrogens with one attached hydrogen (secondary N) is 1. The topological polar surface area (TPSA) is 21.3 Å². The molecule has 14 heavy (non-hydrogen) atoms. The SMILES string of the molecule is CNC(C(C)C)C1(OC)CCCCC1. The molecule has 1 saturated carbocycles. The highest BCUT2D eigenvalue weighted by atomic mass is 16.5. The monoisotopic (exact) mass is 199 g/mol. The molecule has 1 aliphatic rings. The Morgan fingerprint density at radius 3 is 2.07 bits per heavy atom. The molecule has 0 aromatic rings. The first-order valence-corrected chi connectivity index (χ1v) is 5.88. The molecule has 0 saturated heterocycles. The molecule has 1 unspecified atom stereocenters. The zero-order valence-electron chi connectivity index (χ0n) is 10.1. The van der Waals surface area contributed by atoms with Crippen LogP contribution in [0, 0.1) is 5.92 Å². The van der Waals surface area contributed by atoms with Gasteiger partial charge in [-0.1, -0.05) is 33.1 Å². The van der Waals surface area contributed by atoms with Crippen LogP contribution in [0.15, 0.2) is 0 Å². The number of hydrogen-bond donors (Lipinski definition) is 1. The Labute approximate surface area is 88.4 Å². The summed E-state index contributed by atoms with van der Waals surface area (Å²) in [7, 11) is 3.93. The zero-order valence-corrected chi connectivity index (χ0v) is 10.1. The standard InChI is InChI=1S/C12H25NO/c1-10(2)11(13-3)12(14-4)8-6-5-7-9-12/h10-11,13H,5-9H2,1-4H3. The Morgan fingerprint density at radius 1 is 1.14 bits per heavy atom. The fourth-order valence-electron chi connectivity index (χ4n) is 3.00. The molecule has 0 aromatic carbocycles. The van der Waals surface area contributed by atoms with E-state index in [1.54, 1.807) is 0 Å². The second-order valence-corrected chi connectivity index (χ2v) is 4.84. The summed E-state index contributed by atoms with van der Waals surface area (Å²) in [5, 5.41) is 3.44. The van der Waals surface area contributed by atoms with Crippen LogP contribution in [0.5, 0.6) is 0 Å². The van der Waals surface area contributed by atoms with Gasteiger partial charge in [0.15, 0.2) is 0 Å². The van der Waals surface area contributed by atoms with E-state index in [2.05, 4.69) is 26.2 Å². The van der Waals surface area contributed by atoms with E-state index >= 15 is 0 Å². The van der Waals surface area contributed by atoms with Crippen molar-refractivity contribution in [1.82, 2.24) is 5.32 Å². The molecular weight excluding hydrogens is 174 g/mol. The molecule has 1 rings (SSSR count). The smallest absolute Gasteiger partial charge is 0.0833 e. The summed E-state index contributed by atoms with van der Waals surface area (Å²) in [6.45, 7) is 4.55. The van der Waals surface area contributed by atoms with Gasteiger partial charge < -0.3 is 10.1 Å². The highest BCUT2D eigenvalue weighted by Crippen LogP contribution is 2.36. The maximum Gasteiger partial charge on any atom is 0.0833 e. The summed E-state index contributed by atoms with van der Waals surface area (Å²) in [6, 6.07) is 0.493. The number of methoxy groups -OCH3 is 1. The molecule has 2 heteroatoms. The molecule has 0 radical (unpaired) electrons. The van der Waals surface area contributed by atoms with E-state index < -0.39 is 0 Å². The molecule has 1 aliphatic carbocycles. The van der Waals surface area contributed by atoms with Gasteiger partial charge >= 0.3 is 0 Å². The number of rotatable bonds is 4. The first-order chi connectivity index (χ1) is 6.66. The van der Waals surface area contributed by atoms with Gasteiger partial charge in [-0.25, -0.2) is 0 Å². The lowest BCUT2D eigenvalue weighted by molar-refractivity contribution is -0.0764. The second-order valence-electron chi connectivity index (χ2n) is 4.84. The lowest BCUT2D eigenvalue weighted by atomic mass is 9.75. The van der Waals surface area contributed by atoms with Gasteiger partial charge in [-0.15, -0.1) is 0 Å². The molecule has 1 N–H and O–H groups in total.